The minimum Gasteiger partial charge on any atom is -0.507 e. The van der Waals surface area contributed by atoms with Crippen LogP contribution in [-0.4, -0.2) is 43.5 Å². The number of nitriles is 1. The average Bonchev–Trinajstić information content (AvgIpc) is 3.55. The van der Waals surface area contributed by atoms with Gasteiger partial charge < -0.3 is 10.0 Å². The molecule has 0 aliphatic heterocycles. The zero-order valence-electron chi connectivity index (χ0n) is 18.4. The van der Waals surface area contributed by atoms with Crippen molar-refractivity contribution < 1.29 is 9.50 Å². The second kappa shape index (κ2) is 9.02. The van der Waals surface area contributed by atoms with E-state index in [1.54, 1.807) is 18.3 Å². The summed E-state index contributed by atoms with van der Waals surface area (Å²) < 4.78 is 15.3. The number of aromatic hydroxyl groups is 1. The number of hydrogen-bond donors (Lipinski definition) is 1. The molecule has 0 radical (unpaired) electrons. The summed E-state index contributed by atoms with van der Waals surface area (Å²) in [5.41, 5.74) is 1.17. The first kappa shape index (κ1) is 21.7. The van der Waals surface area contributed by atoms with E-state index in [1.807, 2.05) is 6.07 Å². The molecular weight excluding hydrogens is 439 g/mol. The van der Waals surface area contributed by atoms with Gasteiger partial charge in [0.2, 0.25) is 0 Å². The van der Waals surface area contributed by atoms with Crippen molar-refractivity contribution in [1.82, 2.24) is 20.2 Å². The third kappa shape index (κ3) is 4.27. The molecule has 2 aromatic heterocycles. The number of benzene rings is 1. The van der Waals surface area contributed by atoms with Crippen molar-refractivity contribution in [3.63, 3.8) is 0 Å². The number of thiazole rings is 1. The van der Waals surface area contributed by atoms with Gasteiger partial charge in [-0.25, -0.2) is 14.4 Å². The van der Waals surface area contributed by atoms with Crippen molar-refractivity contribution in [2.45, 2.75) is 63.7 Å². The first-order valence-electron chi connectivity index (χ1n) is 11.4. The monoisotopic (exact) mass is 464 g/mol. The summed E-state index contributed by atoms with van der Waals surface area (Å²) in [6.45, 7) is 2.06. The van der Waals surface area contributed by atoms with Gasteiger partial charge in [-0.3, -0.25) is 0 Å². The summed E-state index contributed by atoms with van der Waals surface area (Å²) >= 11 is 1.26. The summed E-state index contributed by atoms with van der Waals surface area (Å²) in [6, 6.07) is 7.30. The average molecular weight is 465 g/mol. The number of nitrogens with zero attached hydrogens (tertiary/aromatic N) is 6. The van der Waals surface area contributed by atoms with Crippen LogP contribution >= 0.6 is 11.3 Å². The summed E-state index contributed by atoms with van der Waals surface area (Å²) in [4.78, 5) is 11.3. The van der Waals surface area contributed by atoms with Crippen LogP contribution in [0.15, 0.2) is 30.6 Å². The maximum Gasteiger partial charge on any atom is 0.185 e. The van der Waals surface area contributed by atoms with Crippen LogP contribution in [0.5, 0.6) is 5.75 Å². The van der Waals surface area contributed by atoms with E-state index in [9.17, 15) is 5.11 Å². The minimum atomic E-state index is -0.866. The Kier molecular flexibility index (Phi) is 5.94. The number of phenols is 1. The van der Waals surface area contributed by atoms with Gasteiger partial charge in [0.1, 0.15) is 27.9 Å². The van der Waals surface area contributed by atoms with Crippen LogP contribution in [-0.2, 0) is 0 Å². The summed E-state index contributed by atoms with van der Waals surface area (Å²) in [7, 11) is 0. The van der Waals surface area contributed by atoms with E-state index >= 15 is 4.39 Å². The highest BCUT2D eigenvalue weighted by atomic mass is 32.1. The molecule has 0 saturated heterocycles. The van der Waals surface area contributed by atoms with Crippen molar-refractivity contribution in [3.05, 3.63) is 35.5 Å². The lowest BCUT2D eigenvalue weighted by Gasteiger charge is -2.40. The third-order valence-electron chi connectivity index (χ3n) is 6.63. The molecule has 7 nitrogen and oxygen atoms in total. The van der Waals surface area contributed by atoms with Gasteiger partial charge in [-0.1, -0.05) is 25.8 Å². The first-order valence-corrected chi connectivity index (χ1v) is 12.2. The molecule has 170 valence electrons. The fourth-order valence-electron chi connectivity index (χ4n) is 4.75. The van der Waals surface area contributed by atoms with Crippen LogP contribution in [0.3, 0.4) is 0 Å². The molecule has 2 heterocycles. The van der Waals surface area contributed by atoms with Crippen molar-refractivity contribution in [2.75, 3.05) is 4.90 Å². The molecule has 3 atom stereocenters. The van der Waals surface area contributed by atoms with E-state index in [0.717, 1.165) is 38.5 Å². The maximum atomic E-state index is 15.3. The molecular formula is C24H25FN6OS. The Morgan fingerprint density at radius 3 is 2.67 bits per heavy atom. The van der Waals surface area contributed by atoms with E-state index < -0.39 is 6.17 Å². The standard InChI is InChI=1S/C24H25FN6OS/c1-2-14-4-3-5-19(22(14)25)31(16-7-8-16)21-13-27-23(30-29-21)18-9-6-15(10-20(18)32)24-28-12-17(11-26)33-24/h6,9-10,12-14,16,19,22,32H,2-5,7-8H2,1H3/t14-,19+,22-/m1/s1. The fourth-order valence-corrected chi connectivity index (χ4v) is 5.46. The number of alkyl halides is 1. The quantitative estimate of drug-likeness (QED) is 0.540. The highest BCUT2D eigenvalue weighted by Gasteiger charge is 2.42. The van der Waals surface area contributed by atoms with Crippen molar-refractivity contribution in [3.8, 4) is 33.8 Å². The largest absolute Gasteiger partial charge is 0.507 e. The molecule has 5 rings (SSSR count). The fraction of sp³-hybridized carbons (Fsp3) is 0.458. The molecule has 1 aromatic carbocycles. The van der Waals surface area contributed by atoms with Crippen LogP contribution < -0.4 is 4.90 Å². The second-order valence-corrected chi connectivity index (χ2v) is 9.79. The van der Waals surface area contributed by atoms with Gasteiger partial charge in [-0.15, -0.1) is 21.5 Å². The van der Waals surface area contributed by atoms with Gasteiger partial charge in [0.25, 0.3) is 0 Å². The predicted octanol–water partition coefficient (Wildman–Crippen LogP) is 5.12. The highest BCUT2D eigenvalue weighted by Crippen LogP contribution is 2.40. The summed E-state index contributed by atoms with van der Waals surface area (Å²) in [5.74, 6) is 1.02. The van der Waals surface area contributed by atoms with E-state index in [-0.39, 0.29) is 17.7 Å². The molecule has 1 N–H and O–H groups in total. The number of halogens is 1. The Labute approximate surface area is 196 Å². The Morgan fingerprint density at radius 1 is 1.18 bits per heavy atom. The number of anilines is 1. The van der Waals surface area contributed by atoms with Gasteiger partial charge in [0, 0.05) is 11.6 Å². The molecule has 2 saturated carbocycles. The Morgan fingerprint density at radius 2 is 2.03 bits per heavy atom. The van der Waals surface area contributed by atoms with E-state index in [4.69, 9.17) is 5.26 Å². The predicted molar refractivity (Wildman–Crippen MR) is 125 cm³/mol. The summed E-state index contributed by atoms with van der Waals surface area (Å²) in [6.07, 6.45) is 8.03. The molecule has 0 spiro atoms. The van der Waals surface area contributed by atoms with E-state index in [0.29, 0.717) is 38.7 Å². The molecule has 9 heteroatoms. The van der Waals surface area contributed by atoms with Crippen molar-refractivity contribution in [1.29, 1.82) is 5.26 Å². The molecule has 3 aromatic rings. The van der Waals surface area contributed by atoms with Gasteiger partial charge >= 0.3 is 0 Å². The van der Waals surface area contributed by atoms with Crippen LogP contribution in [0.25, 0.3) is 22.0 Å². The van der Waals surface area contributed by atoms with Gasteiger partial charge in [0.15, 0.2) is 11.6 Å². The topological polar surface area (TPSA) is 98.8 Å². The molecule has 0 amide bonds. The second-order valence-electron chi connectivity index (χ2n) is 8.76. The lowest BCUT2D eigenvalue weighted by Crippen LogP contribution is -2.49. The number of hydrogen-bond acceptors (Lipinski definition) is 8. The molecule has 2 aliphatic carbocycles. The number of rotatable bonds is 6. The summed E-state index contributed by atoms with van der Waals surface area (Å²) in [5, 5.41) is 28.9. The smallest absolute Gasteiger partial charge is 0.185 e. The molecule has 0 unspecified atom stereocenters. The highest BCUT2D eigenvalue weighted by molar-refractivity contribution is 7.15. The van der Waals surface area contributed by atoms with E-state index in [1.165, 1.54) is 17.5 Å². The van der Waals surface area contributed by atoms with Crippen LogP contribution in [0.1, 0.15) is 50.3 Å². The zero-order valence-corrected chi connectivity index (χ0v) is 19.2. The Bertz CT molecular complexity index is 1170. The van der Waals surface area contributed by atoms with Gasteiger partial charge in [0.05, 0.1) is 24.0 Å². The molecule has 2 fully saturated rings. The van der Waals surface area contributed by atoms with Crippen molar-refractivity contribution in [2.24, 2.45) is 5.92 Å². The van der Waals surface area contributed by atoms with Crippen molar-refractivity contribution >= 4 is 17.2 Å². The number of aromatic nitrogens is 4. The molecule has 2 aliphatic rings. The van der Waals surface area contributed by atoms with Gasteiger partial charge in [-0.2, -0.15) is 5.26 Å². The first-order chi connectivity index (χ1) is 16.1. The zero-order chi connectivity index (χ0) is 22.9. The minimum absolute atomic E-state index is 0.0108. The molecule has 0 bridgehead atoms. The Balaban J connectivity index is 1.39. The SMILES string of the molecule is CC[C@@H]1CCC[C@H](N(c2cnc(-c3ccc(-c4ncc(C#N)s4)cc3O)nn2)C2CC2)[C@@H]1F. The molecule has 33 heavy (non-hydrogen) atoms. The third-order valence-corrected chi connectivity index (χ3v) is 7.58. The van der Waals surface area contributed by atoms with Crippen LogP contribution in [0, 0.1) is 17.2 Å². The Hall–Kier alpha value is -3.12. The lowest BCUT2D eigenvalue weighted by molar-refractivity contribution is 0.130. The lowest BCUT2D eigenvalue weighted by atomic mass is 9.81. The van der Waals surface area contributed by atoms with Gasteiger partial charge in [-0.05, 0) is 43.7 Å². The van der Waals surface area contributed by atoms with Crippen LogP contribution in [0.2, 0.25) is 0 Å². The van der Waals surface area contributed by atoms with Crippen LogP contribution in [0.4, 0.5) is 10.2 Å². The maximum absolute atomic E-state index is 15.3. The normalized spacial score (nSPS) is 22.6. The number of phenolic OH excluding ortho intramolecular Hbond substituents is 1. The van der Waals surface area contributed by atoms with E-state index in [2.05, 4.69) is 38.1 Å².